The van der Waals surface area contributed by atoms with Gasteiger partial charge in [0.25, 0.3) is 0 Å². The normalized spacial score (nSPS) is 17.0. The van der Waals surface area contributed by atoms with Crippen LogP contribution in [0.2, 0.25) is 0 Å². The molecular formula is C21H23N3O5S. The summed E-state index contributed by atoms with van der Waals surface area (Å²) in [7, 11) is -3.73. The summed E-state index contributed by atoms with van der Waals surface area (Å²) in [5.41, 5.74) is 1.30. The summed E-state index contributed by atoms with van der Waals surface area (Å²) in [6.07, 6.45) is 2.55. The van der Waals surface area contributed by atoms with Crippen LogP contribution in [0.4, 0.5) is 10.5 Å². The predicted molar refractivity (Wildman–Crippen MR) is 111 cm³/mol. The van der Waals surface area contributed by atoms with Gasteiger partial charge in [-0.3, -0.25) is 15.0 Å². The second-order valence-corrected chi connectivity index (χ2v) is 9.25. The summed E-state index contributed by atoms with van der Waals surface area (Å²) in [6.45, 7) is 0.963. The first kappa shape index (κ1) is 20.4. The summed E-state index contributed by atoms with van der Waals surface area (Å²) in [5.74, 6) is 0.816. The lowest BCUT2D eigenvalue weighted by Crippen LogP contribution is -2.49. The van der Waals surface area contributed by atoms with Crippen LogP contribution >= 0.6 is 0 Å². The van der Waals surface area contributed by atoms with Crippen LogP contribution in [0.25, 0.3) is 0 Å². The summed E-state index contributed by atoms with van der Waals surface area (Å²) >= 11 is 0. The van der Waals surface area contributed by atoms with Gasteiger partial charge < -0.3 is 4.74 Å². The molecule has 1 aliphatic carbocycles. The molecule has 0 atom stereocenters. The lowest BCUT2D eigenvalue weighted by Gasteiger charge is -2.26. The number of nitrogens with zero attached hydrogens (tertiary/aromatic N) is 1. The highest BCUT2D eigenvalue weighted by Crippen LogP contribution is 2.30. The number of rotatable bonds is 8. The first-order valence-corrected chi connectivity index (χ1v) is 11.3. The molecule has 4 rings (SSSR count). The molecule has 1 saturated heterocycles. The van der Waals surface area contributed by atoms with E-state index in [0.717, 1.165) is 12.8 Å². The molecule has 0 bridgehead atoms. The minimum absolute atomic E-state index is 0.0672. The Morgan fingerprint density at radius 3 is 2.67 bits per heavy atom. The van der Waals surface area contributed by atoms with E-state index in [1.54, 1.807) is 36.4 Å². The van der Waals surface area contributed by atoms with Crippen molar-refractivity contribution in [2.75, 3.05) is 18.1 Å². The molecule has 2 fully saturated rings. The Hall–Kier alpha value is -2.91. The number of hydrogen-bond donors (Lipinski definition) is 2. The van der Waals surface area contributed by atoms with Crippen LogP contribution in [-0.2, 0) is 21.4 Å². The van der Waals surface area contributed by atoms with Gasteiger partial charge in [-0.05, 0) is 48.6 Å². The zero-order valence-corrected chi connectivity index (χ0v) is 17.2. The van der Waals surface area contributed by atoms with E-state index in [-0.39, 0.29) is 30.3 Å². The van der Waals surface area contributed by atoms with Gasteiger partial charge in [-0.15, -0.1) is 0 Å². The first-order chi connectivity index (χ1) is 14.4. The maximum Gasteiger partial charge on any atom is 0.328 e. The van der Waals surface area contributed by atoms with E-state index in [1.807, 2.05) is 0 Å². The Bertz CT molecular complexity index is 1070. The Labute approximate surface area is 175 Å². The average Bonchev–Trinajstić information content (AvgIpc) is 3.56. The average molecular weight is 429 g/mol. The van der Waals surface area contributed by atoms with E-state index >= 15 is 0 Å². The highest BCUT2D eigenvalue weighted by atomic mass is 32.2. The molecule has 2 N–H and O–H groups in total. The number of carbonyl (C=O) groups is 2. The number of anilines is 1. The van der Waals surface area contributed by atoms with Crippen molar-refractivity contribution in [3.05, 3.63) is 54.1 Å². The number of sulfonamides is 1. The molecular weight excluding hydrogens is 406 g/mol. The Balaban J connectivity index is 1.42. The van der Waals surface area contributed by atoms with Gasteiger partial charge in [0.2, 0.25) is 15.9 Å². The van der Waals surface area contributed by atoms with Gasteiger partial charge in [0.15, 0.2) is 0 Å². The first-order valence-electron chi connectivity index (χ1n) is 9.83. The zero-order valence-electron chi connectivity index (χ0n) is 16.3. The standard InChI is InChI=1S/C21H23N3O5S/c25-20-9-10-24(21(26)23-20)17-4-1-3-16(11-17)13-22-30(27,28)19-6-2-5-18(12-19)29-14-15-7-8-15/h1-6,11-12,15,22H,7-10,13-14H2,(H,23,25,26). The second kappa shape index (κ2) is 8.45. The number of benzene rings is 2. The van der Waals surface area contributed by atoms with Crippen LogP contribution in [0, 0.1) is 5.92 Å². The van der Waals surface area contributed by atoms with Crippen molar-refractivity contribution in [3.63, 3.8) is 0 Å². The molecule has 2 aromatic carbocycles. The van der Waals surface area contributed by atoms with E-state index in [9.17, 15) is 18.0 Å². The number of imide groups is 1. The van der Waals surface area contributed by atoms with Gasteiger partial charge in [-0.25, -0.2) is 17.9 Å². The molecule has 9 heteroatoms. The topological polar surface area (TPSA) is 105 Å². The van der Waals surface area contributed by atoms with Crippen molar-refractivity contribution in [3.8, 4) is 5.75 Å². The Morgan fingerprint density at radius 1 is 1.10 bits per heavy atom. The van der Waals surface area contributed by atoms with Gasteiger partial charge >= 0.3 is 6.03 Å². The van der Waals surface area contributed by atoms with Crippen LogP contribution in [0.5, 0.6) is 5.75 Å². The van der Waals surface area contributed by atoms with E-state index in [4.69, 9.17) is 4.74 Å². The number of urea groups is 1. The fourth-order valence-corrected chi connectivity index (χ4v) is 4.19. The predicted octanol–water partition coefficient (Wildman–Crippen LogP) is 2.40. The zero-order chi connectivity index (χ0) is 21.1. The summed E-state index contributed by atoms with van der Waals surface area (Å²) in [5, 5.41) is 2.28. The van der Waals surface area contributed by atoms with Gasteiger partial charge in [-0.2, -0.15) is 0 Å². The second-order valence-electron chi connectivity index (χ2n) is 7.48. The highest BCUT2D eigenvalue weighted by Gasteiger charge is 2.24. The quantitative estimate of drug-likeness (QED) is 0.671. The number of amides is 3. The van der Waals surface area contributed by atoms with Crippen LogP contribution in [-0.4, -0.2) is 33.5 Å². The summed E-state index contributed by atoms with van der Waals surface area (Å²) < 4.78 is 33.7. The third-order valence-electron chi connectivity index (χ3n) is 5.04. The van der Waals surface area contributed by atoms with Crippen LogP contribution < -0.4 is 19.7 Å². The fourth-order valence-electron chi connectivity index (χ4n) is 3.14. The Kier molecular flexibility index (Phi) is 5.74. The molecule has 1 heterocycles. The van der Waals surface area contributed by atoms with Crippen LogP contribution in [0.15, 0.2) is 53.4 Å². The van der Waals surface area contributed by atoms with E-state index in [0.29, 0.717) is 29.5 Å². The maximum atomic E-state index is 12.7. The van der Waals surface area contributed by atoms with Crippen molar-refractivity contribution >= 4 is 27.6 Å². The molecule has 3 amide bonds. The van der Waals surface area contributed by atoms with Gasteiger partial charge in [0, 0.05) is 31.3 Å². The van der Waals surface area contributed by atoms with Gasteiger partial charge in [-0.1, -0.05) is 18.2 Å². The molecule has 2 aromatic rings. The van der Waals surface area contributed by atoms with Crippen LogP contribution in [0.1, 0.15) is 24.8 Å². The molecule has 158 valence electrons. The SMILES string of the molecule is O=C1CCN(c2cccc(CNS(=O)(=O)c3cccc(OCC4CC4)c3)c2)C(=O)N1. The monoisotopic (exact) mass is 429 g/mol. The molecule has 0 unspecified atom stereocenters. The third kappa shape index (κ3) is 4.98. The van der Waals surface area contributed by atoms with E-state index in [1.165, 1.54) is 17.0 Å². The fraction of sp³-hybridized carbons (Fsp3) is 0.333. The largest absolute Gasteiger partial charge is 0.493 e. The minimum atomic E-state index is -3.73. The summed E-state index contributed by atoms with van der Waals surface area (Å²) in [6, 6.07) is 13.0. The molecule has 1 saturated carbocycles. The smallest absolute Gasteiger partial charge is 0.328 e. The number of hydrogen-bond acceptors (Lipinski definition) is 5. The summed E-state index contributed by atoms with van der Waals surface area (Å²) in [4.78, 5) is 24.9. The number of carbonyl (C=O) groups excluding carboxylic acids is 2. The minimum Gasteiger partial charge on any atom is -0.493 e. The van der Waals surface area contributed by atoms with Crippen molar-refractivity contribution in [2.24, 2.45) is 5.92 Å². The van der Waals surface area contributed by atoms with Crippen molar-refractivity contribution in [1.82, 2.24) is 10.0 Å². The maximum absolute atomic E-state index is 12.7. The molecule has 0 radical (unpaired) electrons. The number of nitrogens with one attached hydrogen (secondary N) is 2. The molecule has 0 aromatic heterocycles. The van der Waals surface area contributed by atoms with Crippen molar-refractivity contribution < 1.29 is 22.7 Å². The van der Waals surface area contributed by atoms with Crippen molar-refractivity contribution in [2.45, 2.75) is 30.7 Å². The Morgan fingerprint density at radius 2 is 1.90 bits per heavy atom. The van der Waals surface area contributed by atoms with E-state index < -0.39 is 16.1 Å². The van der Waals surface area contributed by atoms with Crippen molar-refractivity contribution in [1.29, 1.82) is 0 Å². The highest BCUT2D eigenvalue weighted by molar-refractivity contribution is 7.89. The lowest BCUT2D eigenvalue weighted by molar-refractivity contribution is -0.120. The molecule has 30 heavy (non-hydrogen) atoms. The van der Waals surface area contributed by atoms with Gasteiger partial charge in [0.05, 0.1) is 11.5 Å². The van der Waals surface area contributed by atoms with Crippen LogP contribution in [0.3, 0.4) is 0 Å². The van der Waals surface area contributed by atoms with Gasteiger partial charge in [0.1, 0.15) is 5.75 Å². The molecule has 1 aliphatic heterocycles. The number of ether oxygens (including phenoxy) is 1. The molecule has 0 spiro atoms. The lowest BCUT2D eigenvalue weighted by atomic mass is 10.1. The molecule has 8 nitrogen and oxygen atoms in total. The third-order valence-corrected chi connectivity index (χ3v) is 6.44. The van der Waals surface area contributed by atoms with E-state index in [2.05, 4.69) is 10.0 Å². The molecule has 2 aliphatic rings.